The standard InChI is InChI=1S/C16H18ClN3.ClH/c17-15-6-2-1-4-14(15)12-20-9-8-19-11-16(20)13-5-3-7-18-10-13;/h1-7,10,16,19H,8-9,11-12H2;1H. The predicted molar refractivity (Wildman–Crippen MR) is 89.0 cm³/mol. The highest BCUT2D eigenvalue weighted by molar-refractivity contribution is 6.31. The Bertz CT molecular complexity index is 562. The summed E-state index contributed by atoms with van der Waals surface area (Å²) in [7, 11) is 0. The van der Waals surface area contributed by atoms with E-state index in [2.05, 4.69) is 27.3 Å². The molecule has 2 aromatic rings. The maximum Gasteiger partial charge on any atom is 0.0492 e. The molecule has 3 rings (SSSR count). The molecule has 0 bridgehead atoms. The monoisotopic (exact) mass is 323 g/mol. The van der Waals surface area contributed by atoms with Gasteiger partial charge in [0.25, 0.3) is 0 Å². The molecule has 0 spiro atoms. The highest BCUT2D eigenvalue weighted by Gasteiger charge is 2.24. The number of pyridine rings is 1. The number of aromatic nitrogens is 1. The third-order valence-electron chi connectivity index (χ3n) is 3.75. The Hall–Kier alpha value is -1.13. The number of piperazine rings is 1. The maximum absolute atomic E-state index is 6.28. The van der Waals surface area contributed by atoms with Gasteiger partial charge >= 0.3 is 0 Å². The van der Waals surface area contributed by atoms with E-state index < -0.39 is 0 Å². The minimum absolute atomic E-state index is 0. The normalized spacial score (nSPS) is 19.0. The molecule has 0 saturated carbocycles. The van der Waals surface area contributed by atoms with Crippen LogP contribution in [0.15, 0.2) is 48.8 Å². The maximum atomic E-state index is 6.28. The molecule has 0 radical (unpaired) electrons. The van der Waals surface area contributed by atoms with Crippen molar-refractivity contribution in [1.82, 2.24) is 15.2 Å². The van der Waals surface area contributed by atoms with Gasteiger partial charge < -0.3 is 5.32 Å². The second-order valence-corrected chi connectivity index (χ2v) is 5.48. The molecule has 112 valence electrons. The fourth-order valence-electron chi connectivity index (χ4n) is 2.68. The minimum atomic E-state index is 0. The Morgan fingerprint density at radius 3 is 2.86 bits per heavy atom. The van der Waals surface area contributed by atoms with Crippen molar-refractivity contribution in [2.24, 2.45) is 0 Å². The van der Waals surface area contributed by atoms with E-state index in [1.54, 1.807) is 0 Å². The lowest BCUT2D eigenvalue weighted by Crippen LogP contribution is -2.45. The number of hydrogen-bond acceptors (Lipinski definition) is 3. The molecule has 1 saturated heterocycles. The van der Waals surface area contributed by atoms with Crippen LogP contribution in [-0.2, 0) is 6.54 Å². The van der Waals surface area contributed by atoms with Crippen LogP contribution in [0, 0.1) is 0 Å². The predicted octanol–water partition coefficient (Wildman–Crippen LogP) is 3.30. The van der Waals surface area contributed by atoms with E-state index in [1.165, 1.54) is 11.1 Å². The summed E-state index contributed by atoms with van der Waals surface area (Å²) in [4.78, 5) is 6.71. The van der Waals surface area contributed by atoms with Gasteiger partial charge in [0.05, 0.1) is 0 Å². The molecule has 1 aliphatic heterocycles. The Morgan fingerprint density at radius 1 is 1.24 bits per heavy atom. The SMILES string of the molecule is Cl.Clc1ccccc1CN1CCNCC1c1cccnc1. The topological polar surface area (TPSA) is 28.2 Å². The van der Waals surface area contributed by atoms with Crippen LogP contribution < -0.4 is 5.32 Å². The number of rotatable bonds is 3. The summed E-state index contributed by atoms with van der Waals surface area (Å²) in [5.41, 5.74) is 2.44. The van der Waals surface area contributed by atoms with Crippen LogP contribution >= 0.6 is 24.0 Å². The first-order chi connectivity index (χ1) is 9.84. The van der Waals surface area contributed by atoms with Crippen LogP contribution in [0.2, 0.25) is 5.02 Å². The number of benzene rings is 1. The van der Waals surface area contributed by atoms with Crippen molar-refractivity contribution in [3.63, 3.8) is 0 Å². The van der Waals surface area contributed by atoms with E-state index in [-0.39, 0.29) is 12.4 Å². The molecule has 1 fully saturated rings. The van der Waals surface area contributed by atoms with Gasteiger partial charge in [-0.25, -0.2) is 0 Å². The highest BCUT2D eigenvalue weighted by atomic mass is 35.5. The van der Waals surface area contributed by atoms with Gasteiger partial charge in [-0.2, -0.15) is 0 Å². The molecule has 5 heteroatoms. The van der Waals surface area contributed by atoms with E-state index in [1.807, 2.05) is 36.7 Å². The van der Waals surface area contributed by atoms with E-state index in [0.29, 0.717) is 6.04 Å². The number of nitrogens with zero attached hydrogens (tertiary/aromatic N) is 2. The molecule has 1 aromatic heterocycles. The van der Waals surface area contributed by atoms with Crippen molar-refractivity contribution in [2.75, 3.05) is 19.6 Å². The van der Waals surface area contributed by atoms with Crippen LogP contribution in [0.1, 0.15) is 17.2 Å². The minimum Gasteiger partial charge on any atom is -0.314 e. The Morgan fingerprint density at radius 2 is 2.10 bits per heavy atom. The van der Waals surface area contributed by atoms with E-state index in [0.717, 1.165) is 31.2 Å². The lowest BCUT2D eigenvalue weighted by Gasteiger charge is -2.36. The molecule has 1 aliphatic rings. The molecule has 2 heterocycles. The van der Waals surface area contributed by atoms with E-state index >= 15 is 0 Å². The average molecular weight is 324 g/mol. The lowest BCUT2D eigenvalue weighted by atomic mass is 10.0. The van der Waals surface area contributed by atoms with Gasteiger partial charge in [-0.3, -0.25) is 9.88 Å². The Kier molecular flexibility index (Phi) is 6.00. The van der Waals surface area contributed by atoms with Crippen molar-refractivity contribution in [2.45, 2.75) is 12.6 Å². The molecule has 0 aliphatic carbocycles. The number of nitrogens with one attached hydrogen (secondary N) is 1. The quantitative estimate of drug-likeness (QED) is 0.939. The first kappa shape index (κ1) is 16.2. The van der Waals surface area contributed by atoms with Gasteiger partial charge in [0.2, 0.25) is 0 Å². The molecule has 3 nitrogen and oxygen atoms in total. The summed E-state index contributed by atoms with van der Waals surface area (Å²) in [6, 6.07) is 12.6. The second kappa shape index (κ2) is 7.76. The van der Waals surface area contributed by atoms with Crippen molar-refractivity contribution < 1.29 is 0 Å². The Labute approximate surface area is 136 Å². The van der Waals surface area contributed by atoms with Gasteiger partial charge in [0, 0.05) is 49.6 Å². The van der Waals surface area contributed by atoms with Crippen LogP contribution in [0.3, 0.4) is 0 Å². The number of halogens is 2. The molecule has 1 aromatic carbocycles. The highest BCUT2D eigenvalue weighted by Crippen LogP contribution is 2.25. The first-order valence-corrected chi connectivity index (χ1v) is 7.30. The van der Waals surface area contributed by atoms with Crippen LogP contribution in [0.4, 0.5) is 0 Å². The van der Waals surface area contributed by atoms with Crippen molar-refractivity contribution in [3.8, 4) is 0 Å². The molecule has 1 unspecified atom stereocenters. The van der Waals surface area contributed by atoms with Gasteiger partial charge in [-0.15, -0.1) is 12.4 Å². The fourth-order valence-corrected chi connectivity index (χ4v) is 2.88. The van der Waals surface area contributed by atoms with E-state index in [4.69, 9.17) is 11.6 Å². The summed E-state index contributed by atoms with van der Waals surface area (Å²) >= 11 is 6.28. The third kappa shape index (κ3) is 3.95. The van der Waals surface area contributed by atoms with Crippen LogP contribution in [0.5, 0.6) is 0 Å². The lowest BCUT2D eigenvalue weighted by molar-refractivity contribution is 0.153. The summed E-state index contributed by atoms with van der Waals surface area (Å²) in [5.74, 6) is 0. The fraction of sp³-hybridized carbons (Fsp3) is 0.312. The molecule has 1 atom stereocenters. The van der Waals surface area contributed by atoms with Crippen LogP contribution in [-0.4, -0.2) is 29.5 Å². The largest absolute Gasteiger partial charge is 0.314 e. The van der Waals surface area contributed by atoms with Gasteiger partial charge in [-0.05, 0) is 23.3 Å². The van der Waals surface area contributed by atoms with Crippen molar-refractivity contribution in [3.05, 3.63) is 64.9 Å². The molecule has 0 amide bonds. The average Bonchev–Trinajstić information content (AvgIpc) is 2.51. The van der Waals surface area contributed by atoms with Crippen molar-refractivity contribution in [1.29, 1.82) is 0 Å². The van der Waals surface area contributed by atoms with Gasteiger partial charge in [0.15, 0.2) is 0 Å². The molecule has 1 N–H and O–H groups in total. The zero-order valence-electron chi connectivity index (χ0n) is 11.7. The van der Waals surface area contributed by atoms with Crippen LogP contribution in [0.25, 0.3) is 0 Å². The summed E-state index contributed by atoms with van der Waals surface area (Å²) in [6.07, 6.45) is 3.77. The summed E-state index contributed by atoms with van der Waals surface area (Å²) < 4.78 is 0. The summed E-state index contributed by atoms with van der Waals surface area (Å²) in [6.45, 7) is 3.86. The molecular weight excluding hydrogens is 305 g/mol. The van der Waals surface area contributed by atoms with Gasteiger partial charge in [-0.1, -0.05) is 35.9 Å². The first-order valence-electron chi connectivity index (χ1n) is 6.92. The van der Waals surface area contributed by atoms with Gasteiger partial charge in [0.1, 0.15) is 0 Å². The smallest absolute Gasteiger partial charge is 0.0492 e. The number of hydrogen-bond donors (Lipinski definition) is 1. The molecular formula is C16H19Cl2N3. The Balaban J connectivity index is 0.00000161. The second-order valence-electron chi connectivity index (χ2n) is 5.07. The molecule has 21 heavy (non-hydrogen) atoms. The zero-order chi connectivity index (χ0) is 13.8. The zero-order valence-corrected chi connectivity index (χ0v) is 13.3. The summed E-state index contributed by atoms with van der Waals surface area (Å²) in [5, 5.41) is 4.30. The van der Waals surface area contributed by atoms with Crippen molar-refractivity contribution >= 4 is 24.0 Å². The van der Waals surface area contributed by atoms with E-state index in [9.17, 15) is 0 Å². The third-order valence-corrected chi connectivity index (χ3v) is 4.12.